The Bertz CT molecular complexity index is 970. The molecule has 0 aliphatic carbocycles. The van der Waals surface area contributed by atoms with Crippen molar-refractivity contribution in [2.45, 2.75) is 341 Å². The van der Waals surface area contributed by atoms with E-state index in [1.807, 2.05) is 0 Å². The molecule has 0 aliphatic rings. The minimum Gasteiger partial charge on any atom is -0.462 e. The van der Waals surface area contributed by atoms with Gasteiger partial charge in [-0.2, -0.15) is 0 Å². The van der Waals surface area contributed by atoms with Gasteiger partial charge in [0.1, 0.15) is 6.10 Å². The number of rotatable bonds is 53. The molecular formula is C58H113NO5. The lowest BCUT2D eigenvalue weighted by Gasteiger charge is -2.24. The number of carbonyl (C=O) groups excluding carboxylic acids is 2. The number of carbonyl (C=O) groups is 2. The van der Waals surface area contributed by atoms with E-state index in [-0.39, 0.29) is 24.9 Å². The lowest BCUT2D eigenvalue weighted by molar-refractivity contribution is -0.151. The Balaban J connectivity index is 4.51. The van der Waals surface area contributed by atoms with Crippen molar-refractivity contribution in [1.29, 1.82) is 0 Å². The van der Waals surface area contributed by atoms with Gasteiger partial charge in [-0.1, -0.05) is 270 Å². The van der Waals surface area contributed by atoms with Gasteiger partial charge in [0, 0.05) is 6.42 Å². The van der Waals surface area contributed by atoms with E-state index < -0.39 is 18.2 Å². The predicted molar refractivity (Wildman–Crippen MR) is 278 cm³/mol. The van der Waals surface area contributed by atoms with E-state index in [4.69, 9.17) is 4.74 Å². The van der Waals surface area contributed by atoms with Crippen LogP contribution in [-0.4, -0.2) is 46.9 Å². The van der Waals surface area contributed by atoms with Crippen LogP contribution in [-0.2, 0) is 14.3 Å². The van der Waals surface area contributed by atoms with Crippen LogP contribution in [0.2, 0.25) is 0 Å². The van der Waals surface area contributed by atoms with E-state index in [2.05, 4.69) is 38.2 Å². The van der Waals surface area contributed by atoms with Gasteiger partial charge in [-0.05, 0) is 51.4 Å². The SMILES string of the molecule is CCCCCCCC/C=C\CCCCCC(=O)OC(CCCCCCCCCCCCCCCCCC)CC(=O)NC(CO)C(O)CCCCCCCCCCCCCCCCCC. The van der Waals surface area contributed by atoms with Gasteiger partial charge in [-0.15, -0.1) is 0 Å². The Kier molecular flexibility index (Phi) is 51.4. The predicted octanol–water partition coefficient (Wildman–Crippen LogP) is 17.7. The van der Waals surface area contributed by atoms with Crippen molar-refractivity contribution < 1.29 is 24.5 Å². The molecule has 0 heterocycles. The van der Waals surface area contributed by atoms with Crippen molar-refractivity contribution in [3.05, 3.63) is 12.2 Å². The van der Waals surface area contributed by atoms with Crippen LogP contribution < -0.4 is 5.32 Å². The summed E-state index contributed by atoms with van der Waals surface area (Å²) in [6, 6.07) is -0.699. The third-order valence-corrected chi connectivity index (χ3v) is 13.6. The maximum absolute atomic E-state index is 13.3. The molecule has 0 fully saturated rings. The van der Waals surface area contributed by atoms with Crippen molar-refractivity contribution in [3.63, 3.8) is 0 Å². The van der Waals surface area contributed by atoms with E-state index in [0.717, 1.165) is 51.4 Å². The van der Waals surface area contributed by atoms with Gasteiger partial charge < -0.3 is 20.3 Å². The van der Waals surface area contributed by atoms with Gasteiger partial charge in [-0.3, -0.25) is 9.59 Å². The van der Waals surface area contributed by atoms with E-state index >= 15 is 0 Å². The number of nitrogens with one attached hydrogen (secondary N) is 1. The monoisotopic (exact) mass is 904 g/mol. The first-order valence-electron chi connectivity index (χ1n) is 28.9. The highest BCUT2D eigenvalue weighted by Gasteiger charge is 2.24. The molecule has 64 heavy (non-hydrogen) atoms. The number of allylic oxidation sites excluding steroid dienone is 2. The van der Waals surface area contributed by atoms with Crippen molar-refractivity contribution in [2.24, 2.45) is 0 Å². The molecule has 0 aliphatic heterocycles. The number of hydrogen-bond acceptors (Lipinski definition) is 5. The first-order valence-corrected chi connectivity index (χ1v) is 28.9. The second kappa shape index (κ2) is 52.6. The zero-order valence-corrected chi connectivity index (χ0v) is 43.4. The number of amides is 1. The van der Waals surface area contributed by atoms with Gasteiger partial charge in [-0.25, -0.2) is 0 Å². The topological polar surface area (TPSA) is 95.9 Å². The molecule has 380 valence electrons. The smallest absolute Gasteiger partial charge is 0.306 e. The summed E-state index contributed by atoms with van der Waals surface area (Å²) < 4.78 is 5.95. The van der Waals surface area contributed by atoms with Crippen molar-refractivity contribution in [1.82, 2.24) is 5.32 Å². The summed E-state index contributed by atoms with van der Waals surface area (Å²) >= 11 is 0. The van der Waals surface area contributed by atoms with Gasteiger partial charge in [0.2, 0.25) is 5.91 Å². The fraction of sp³-hybridized carbons (Fsp3) is 0.931. The first kappa shape index (κ1) is 62.6. The van der Waals surface area contributed by atoms with Crippen molar-refractivity contribution >= 4 is 11.9 Å². The number of aliphatic hydroxyl groups is 2. The Labute approximate surface area is 399 Å². The molecule has 0 bridgehead atoms. The van der Waals surface area contributed by atoms with Crippen LogP contribution in [0.3, 0.4) is 0 Å². The minimum absolute atomic E-state index is 0.0795. The molecule has 0 rings (SSSR count). The van der Waals surface area contributed by atoms with Crippen LogP contribution in [0.1, 0.15) is 323 Å². The summed E-state index contributed by atoms with van der Waals surface area (Å²) in [6.45, 7) is 6.52. The lowest BCUT2D eigenvalue weighted by Crippen LogP contribution is -2.46. The number of esters is 1. The van der Waals surface area contributed by atoms with Gasteiger partial charge in [0.25, 0.3) is 0 Å². The molecule has 0 saturated carbocycles. The maximum atomic E-state index is 13.3. The molecule has 0 saturated heterocycles. The molecule has 0 aromatic carbocycles. The second-order valence-corrected chi connectivity index (χ2v) is 20.1. The standard InChI is InChI=1S/C58H113NO5/c1-4-7-10-13-16-19-22-25-27-29-32-34-37-40-43-46-49-54(64-58(63)51-48-45-42-39-36-31-24-21-18-15-12-9-6-3)52-57(62)59-55(53-60)56(61)50-47-44-41-38-35-33-30-28-26-23-20-17-14-11-8-5-2/h31,36,54-56,60-61H,4-30,32-35,37-53H2,1-3H3,(H,59,62)/b36-31-. The van der Waals surface area contributed by atoms with Crippen molar-refractivity contribution in [3.8, 4) is 0 Å². The van der Waals surface area contributed by atoms with Gasteiger partial charge in [0.05, 0.1) is 25.2 Å². The molecule has 3 unspecified atom stereocenters. The Morgan fingerprint density at radius 3 is 1.11 bits per heavy atom. The summed E-state index contributed by atoms with van der Waals surface area (Å²) in [5, 5.41) is 23.9. The minimum atomic E-state index is -0.785. The van der Waals surface area contributed by atoms with Crippen LogP contribution in [0.5, 0.6) is 0 Å². The fourth-order valence-electron chi connectivity index (χ4n) is 9.19. The zero-order chi connectivity index (χ0) is 46.7. The highest BCUT2D eigenvalue weighted by Crippen LogP contribution is 2.19. The summed E-state index contributed by atoms with van der Waals surface area (Å²) in [6.07, 6.45) is 59.9. The maximum Gasteiger partial charge on any atom is 0.306 e. The average molecular weight is 905 g/mol. The number of hydrogen-bond donors (Lipinski definition) is 3. The van der Waals surface area contributed by atoms with Crippen molar-refractivity contribution in [2.75, 3.05) is 6.61 Å². The normalized spacial score (nSPS) is 13.1. The van der Waals surface area contributed by atoms with Crippen LogP contribution in [0, 0.1) is 0 Å². The molecule has 6 nitrogen and oxygen atoms in total. The van der Waals surface area contributed by atoms with Crippen LogP contribution in [0.25, 0.3) is 0 Å². The highest BCUT2D eigenvalue weighted by molar-refractivity contribution is 5.77. The third kappa shape index (κ3) is 47.1. The third-order valence-electron chi connectivity index (χ3n) is 13.6. The van der Waals surface area contributed by atoms with Gasteiger partial charge in [0.15, 0.2) is 0 Å². The molecule has 1 amide bonds. The van der Waals surface area contributed by atoms with Crippen LogP contribution in [0.4, 0.5) is 0 Å². The largest absolute Gasteiger partial charge is 0.462 e. The first-order chi connectivity index (χ1) is 31.5. The number of unbranched alkanes of at least 4 members (excludes halogenated alkanes) is 39. The molecule has 0 radical (unpaired) electrons. The van der Waals surface area contributed by atoms with Gasteiger partial charge >= 0.3 is 5.97 Å². The molecule has 3 N–H and O–H groups in total. The average Bonchev–Trinajstić information content (AvgIpc) is 3.29. The second-order valence-electron chi connectivity index (χ2n) is 20.1. The Morgan fingerprint density at radius 1 is 0.438 bits per heavy atom. The van der Waals surface area contributed by atoms with E-state index in [0.29, 0.717) is 19.3 Å². The summed E-state index contributed by atoms with van der Waals surface area (Å²) in [7, 11) is 0. The number of aliphatic hydroxyl groups excluding tert-OH is 2. The molecule has 0 spiro atoms. The van der Waals surface area contributed by atoms with Crippen LogP contribution >= 0.6 is 0 Å². The molecule has 3 atom stereocenters. The number of ether oxygens (including phenoxy) is 1. The zero-order valence-electron chi connectivity index (χ0n) is 43.4. The Morgan fingerprint density at radius 2 is 0.750 bits per heavy atom. The Hall–Kier alpha value is -1.40. The quantitative estimate of drug-likeness (QED) is 0.0321. The van der Waals surface area contributed by atoms with E-state index in [1.54, 1.807) is 0 Å². The van der Waals surface area contributed by atoms with Crippen LogP contribution in [0.15, 0.2) is 12.2 Å². The highest BCUT2D eigenvalue weighted by atomic mass is 16.5. The fourth-order valence-corrected chi connectivity index (χ4v) is 9.19. The summed E-state index contributed by atoms with van der Waals surface area (Å²) in [4.78, 5) is 26.2. The summed E-state index contributed by atoms with van der Waals surface area (Å²) in [5.74, 6) is -0.470. The summed E-state index contributed by atoms with van der Waals surface area (Å²) in [5.41, 5.74) is 0. The lowest BCUT2D eigenvalue weighted by atomic mass is 10.0. The molecule has 6 heteroatoms. The molecule has 0 aromatic rings. The molecular weight excluding hydrogens is 791 g/mol. The van der Waals surface area contributed by atoms with E-state index in [1.165, 1.54) is 225 Å². The molecule has 0 aromatic heterocycles. The van der Waals surface area contributed by atoms with E-state index in [9.17, 15) is 19.8 Å².